The predicted octanol–water partition coefficient (Wildman–Crippen LogP) is 2.17. The zero-order valence-corrected chi connectivity index (χ0v) is 22.7. The molecule has 0 aromatic heterocycles. The van der Waals surface area contributed by atoms with Crippen LogP contribution in [-0.4, -0.2) is 71.7 Å². The minimum Gasteiger partial charge on any atom is -0.480 e. The van der Waals surface area contributed by atoms with E-state index < -0.39 is 48.4 Å². The summed E-state index contributed by atoms with van der Waals surface area (Å²) in [7, 11) is 0. The summed E-state index contributed by atoms with van der Waals surface area (Å²) in [5.74, 6) is -2.11. The fraction of sp³-hybridized carbons (Fsp3) is 0.355. The number of hydrogen-bond donors (Lipinski definition) is 5. The molecule has 4 rings (SSSR count). The highest BCUT2D eigenvalue weighted by molar-refractivity contribution is 5.69. The molecule has 1 aliphatic rings. The Labute approximate surface area is 239 Å². The summed E-state index contributed by atoms with van der Waals surface area (Å²) in [6.07, 6.45) is -2.20. The third kappa shape index (κ3) is 8.92. The molecule has 6 N–H and O–H groups in total. The molecule has 10 heteroatoms. The molecule has 3 aromatic carbocycles. The second kappa shape index (κ2) is 15.4. The molecular weight excluding hydrogens is 526 g/mol. The van der Waals surface area contributed by atoms with Crippen LogP contribution < -0.4 is 16.4 Å². The lowest BCUT2D eigenvalue weighted by atomic mass is 9.79. The van der Waals surface area contributed by atoms with Gasteiger partial charge in [0, 0.05) is 0 Å². The number of rotatable bonds is 15. The first kappa shape index (κ1) is 30.3. The Morgan fingerprint density at radius 2 is 0.902 bits per heavy atom. The fourth-order valence-corrected chi connectivity index (χ4v) is 5.07. The normalized spacial score (nSPS) is 24.1. The Balaban J connectivity index is 1.67. The van der Waals surface area contributed by atoms with Crippen LogP contribution in [0.3, 0.4) is 0 Å². The first-order valence-electron chi connectivity index (χ1n) is 13.5. The predicted molar refractivity (Wildman–Crippen MR) is 152 cm³/mol. The molecule has 41 heavy (non-hydrogen) atoms. The van der Waals surface area contributed by atoms with Crippen molar-refractivity contribution in [3.05, 3.63) is 108 Å². The molecule has 1 saturated carbocycles. The number of benzene rings is 3. The summed E-state index contributed by atoms with van der Waals surface area (Å²) in [6, 6.07) is 26.5. The van der Waals surface area contributed by atoms with E-state index in [2.05, 4.69) is 10.6 Å². The number of carboxylic acid groups (broad SMARTS) is 2. The second-order valence-corrected chi connectivity index (χ2v) is 9.96. The second-order valence-electron chi connectivity index (χ2n) is 9.96. The van der Waals surface area contributed by atoms with Crippen LogP contribution in [0.4, 0.5) is 0 Å². The van der Waals surface area contributed by atoms with Gasteiger partial charge in [0.05, 0.1) is 69.3 Å². The highest BCUT2D eigenvalue weighted by Crippen LogP contribution is 2.29. The minimum atomic E-state index is -1.06. The van der Waals surface area contributed by atoms with Crippen molar-refractivity contribution in [2.45, 2.75) is 56.3 Å². The van der Waals surface area contributed by atoms with Gasteiger partial charge in [-0.15, -0.1) is 0 Å². The van der Waals surface area contributed by atoms with Crippen molar-refractivity contribution in [3.8, 4) is 0 Å². The maximum Gasteiger partial charge on any atom is 0.317 e. The molecule has 0 radical (unpaired) electrons. The van der Waals surface area contributed by atoms with Crippen LogP contribution in [0.25, 0.3) is 0 Å². The van der Waals surface area contributed by atoms with Gasteiger partial charge in [-0.3, -0.25) is 20.2 Å². The number of carboxylic acids is 2. The Kier molecular flexibility index (Phi) is 11.4. The van der Waals surface area contributed by atoms with E-state index in [-0.39, 0.29) is 32.9 Å². The molecule has 0 saturated heterocycles. The summed E-state index contributed by atoms with van der Waals surface area (Å²) in [5.41, 5.74) is 9.58. The third-order valence-corrected chi connectivity index (χ3v) is 7.01. The van der Waals surface area contributed by atoms with Gasteiger partial charge in [-0.2, -0.15) is 0 Å². The lowest BCUT2D eigenvalue weighted by Gasteiger charge is -2.50. The SMILES string of the molecule is NC1[C@@H](OCc2ccccc2)[C@@H](NCC(=O)O)C(OCc2ccccc2)[C@@H](NCC(=O)O)[C@H]1OCc1ccccc1. The molecule has 0 spiro atoms. The van der Waals surface area contributed by atoms with Crippen molar-refractivity contribution in [3.63, 3.8) is 0 Å². The summed E-state index contributed by atoms with van der Waals surface area (Å²) >= 11 is 0. The van der Waals surface area contributed by atoms with E-state index in [0.717, 1.165) is 16.7 Å². The largest absolute Gasteiger partial charge is 0.480 e. The third-order valence-electron chi connectivity index (χ3n) is 7.01. The molecule has 218 valence electrons. The van der Waals surface area contributed by atoms with Crippen molar-refractivity contribution in [1.82, 2.24) is 10.6 Å². The standard InChI is InChI=1S/C31H37N3O7/c32-26-29(39-18-21-10-4-1-5-11-21)27(33-16-24(35)36)31(41-20-23-14-8-3-9-15-23)28(34-17-25(37)38)30(26)40-19-22-12-6-2-7-13-22/h1-15,26-31,33-34H,16-20,32H2,(H,35,36)(H,37,38)/t26?,27-,28+,29-,30+,31?. The van der Waals surface area contributed by atoms with Gasteiger partial charge in [0.1, 0.15) is 0 Å². The zero-order valence-electron chi connectivity index (χ0n) is 22.7. The first-order valence-corrected chi connectivity index (χ1v) is 13.5. The van der Waals surface area contributed by atoms with Gasteiger partial charge in [0.15, 0.2) is 0 Å². The molecular formula is C31H37N3O7. The Morgan fingerprint density at radius 3 is 1.22 bits per heavy atom. The summed E-state index contributed by atoms with van der Waals surface area (Å²) < 4.78 is 19.2. The minimum absolute atomic E-state index is 0.202. The molecule has 1 aliphatic carbocycles. The van der Waals surface area contributed by atoms with Crippen molar-refractivity contribution < 1.29 is 34.0 Å². The fourth-order valence-electron chi connectivity index (χ4n) is 5.07. The molecule has 0 heterocycles. The number of hydrogen-bond acceptors (Lipinski definition) is 8. The highest BCUT2D eigenvalue weighted by atomic mass is 16.5. The van der Waals surface area contributed by atoms with E-state index in [0.29, 0.717) is 0 Å². The van der Waals surface area contributed by atoms with E-state index in [1.165, 1.54) is 0 Å². The Hall–Kier alpha value is -3.64. The molecule has 0 amide bonds. The summed E-state index contributed by atoms with van der Waals surface area (Å²) in [4.78, 5) is 23.2. The summed E-state index contributed by atoms with van der Waals surface area (Å²) in [6.45, 7) is -0.0685. The molecule has 6 atom stereocenters. The van der Waals surface area contributed by atoms with E-state index in [9.17, 15) is 19.8 Å². The van der Waals surface area contributed by atoms with Gasteiger partial charge < -0.3 is 30.2 Å². The summed E-state index contributed by atoms with van der Waals surface area (Å²) in [5, 5.41) is 25.1. The van der Waals surface area contributed by atoms with Gasteiger partial charge in [-0.05, 0) is 16.7 Å². The zero-order chi connectivity index (χ0) is 29.0. The topological polar surface area (TPSA) is 152 Å². The maximum atomic E-state index is 11.6. The van der Waals surface area contributed by atoms with Crippen LogP contribution in [-0.2, 0) is 43.6 Å². The molecule has 10 nitrogen and oxygen atoms in total. The van der Waals surface area contributed by atoms with Crippen LogP contribution in [0.2, 0.25) is 0 Å². The number of nitrogens with two attached hydrogens (primary N) is 1. The number of nitrogens with one attached hydrogen (secondary N) is 2. The first-order chi connectivity index (χ1) is 19.9. The van der Waals surface area contributed by atoms with Crippen molar-refractivity contribution in [2.75, 3.05) is 13.1 Å². The van der Waals surface area contributed by atoms with Gasteiger partial charge in [0.25, 0.3) is 0 Å². The number of carbonyl (C=O) groups is 2. The smallest absolute Gasteiger partial charge is 0.317 e. The van der Waals surface area contributed by atoms with Crippen molar-refractivity contribution in [1.29, 1.82) is 0 Å². The molecule has 2 unspecified atom stereocenters. The van der Waals surface area contributed by atoms with Crippen LogP contribution in [0.15, 0.2) is 91.0 Å². The number of aliphatic carboxylic acids is 2. The van der Waals surface area contributed by atoms with E-state index in [4.69, 9.17) is 19.9 Å². The van der Waals surface area contributed by atoms with E-state index in [1.54, 1.807) is 0 Å². The van der Waals surface area contributed by atoms with Crippen molar-refractivity contribution >= 4 is 11.9 Å². The van der Waals surface area contributed by atoms with E-state index in [1.807, 2.05) is 91.0 Å². The average molecular weight is 564 g/mol. The lowest BCUT2D eigenvalue weighted by Crippen LogP contribution is -2.74. The van der Waals surface area contributed by atoms with Crippen LogP contribution >= 0.6 is 0 Å². The van der Waals surface area contributed by atoms with Gasteiger partial charge in [0.2, 0.25) is 0 Å². The van der Waals surface area contributed by atoms with Gasteiger partial charge in [-0.1, -0.05) is 91.0 Å². The lowest BCUT2D eigenvalue weighted by molar-refractivity contribution is -0.160. The number of ether oxygens (including phenoxy) is 3. The van der Waals surface area contributed by atoms with Gasteiger partial charge >= 0.3 is 11.9 Å². The van der Waals surface area contributed by atoms with Crippen molar-refractivity contribution in [2.24, 2.45) is 5.73 Å². The monoisotopic (exact) mass is 563 g/mol. The molecule has 0 bridgehead atoms. The molecule has 1 fully saturated rings. The van der Waals surface area contributed by atoms with Crippen LogP contribution in [0.1, 0.15) is 16.7 Å². The Morgan fingerprint density at radius 1 is 0.585 bits per heavy atom. The molecule has 3 aromatic rings. The highest BCUT2D eigenvalue weighted by Gasteiger charge is 2.51. The van der Waals surface area contributed by atoms with Crippen LogP contribution in [0, 0.1) is 0 Å². The molecule has 0 aliphatic heterocycles. The average Bonchev–Trinajstić information content (AvgIpc) is 2.98. The van der Waals surface area contributed by atoms with E-state index >= 15 is 0 Å². The Bertz CT molecular complexity index is 1140. The maximum absolute atomic E-state index is 11.6. The van der Waals surface area contributed by atoms with Crippen LogP contribution in [0.5, 0.6) is 0 Å². The van der Waals surface area contributed by atoms with Gasteiger partial charge in [-0.25, -0.2) is 0 Å². The quantitative estimate of drug-likeness (QED) is 0.186.